The highest BCUT2D eigenvalue weighted by atomic mass is 16.3. The van der Waals surface area contributed by atoms with Gasteiger partial charge in [-0.05, 0) is 22.3 Å². The van der Waals surface area contributed by atoms with Crippen LogP contribution in [0.3, 0.4) is 0 Å². The first kappa shape index (κ1) is 17.4. The number of hydrogen-bond acceptors (Lipinski definition) is 4. The van der Waals surface area contributed by atoms with Crippen LogP contribution in [0.5, 0.6) is 0 Å². The third kappa shape index (κ3) is 4.06. The lowest BCUT2D eigenvalue weighted by molar-refractivity contribution is 0.0352. The van der Waals surface area contributed by atoms with Crippen molar-refractivity contribution in [2.45, 2.75) is 25.4 Å². The average molecular weight is 314 g/mol. The monoisotopic (exact) mass is 314 g/mol. The van der Waals surface area contributed by atoms with Gasteiger partial charge in [-0.25, -0.2) is 0 Å². The van der Waals surface area contributed by atoms with Crippen molar-refractivity contribution in [1.82, 2.24) is 0 Å². The van der Waals surface area contributed by atoms with Crippen LogP contribution < -0.4 is 0 Å². The standard InChI is InChI=1S/C19H22O4/c1-2-17(18(22)15-7-3-13(11-20)4-8-15)19(23)16-9-5-14(12-21)6-10-16/h2-10,17-23H,1,11-12H2. The summed E-state index contributed by atoms with van der Waals surface area (Å²) in [4.78, 5) is 0. The van der Waals surface area contributed by atoms with Crippen molar-refractivity contribution < 1.29 is 20.4 Å². The molecule has 0 radical (unpaired) electrons. The highest BCUT2D eigenvalue weighted by Crippen LogP contribution is 2.34. The number of benzene rings is 2. The van der Waals surface area contributed by atoms with Crippen LogP contribution in [0.1, 0.15) is 34.5 Å². The Morgan fingerprint density at radius 3 is 1.35 bits per heavy atom. The maximum Gasteiger partial charge on any atom is 0.0880 e. The minimum Gasteiger partial charge on any atom is -0.392 e. The fraction of sp³-hybridized carbons (Fsp3) is 0.263. The lowest BCUT2D eigenvalue weighted by Gasteiger charge is -2.25. The highest BCUT2D eigenvalue weighted by Gasteiger charge is 2.26. The molecule has 0 spiro atoms. The van der Waals surface area contributed by atoms with E-state index in [-0.39, 0.29) is 13.2 Å². The van der Waals surface area contributed by atoms with Crippen molar-refractivity contribution in [2.24, 2.45) is 5.92 Å². The molecule has 0 saturated carbocycles. The molecule has 4 heteroatoms. The van der Waals surface area contributed by atoms with Gasteiger partial charge in [-0.2, -0.15) is 0 Å². The molecule has 4 N–H and O–H groups in total. The van der Waals surface area contributed by atoms with E-state index < -0.39 is 18.1 Å². The maximum atomic E-state index is 10.5. The number of aliphatic hydroxyl groups is 4. The molecular formula is C19H22O4. The van der Waals surface area contributed by atoms with E-state index in [9.17, 15) is 10.2 Å². The van der Waals surface area contributed by atoms with Crippen LogP contribution in [0.4, 0.5) is 0 Å². The second-order valence-corrected chi connectivity index (χ2v) is 5.50. The minimum absolute atomic E-state index is 0.0545. The molecule has 23 heavy (non-hydrogen) atoms. The van der Waals surface area contributed by atoms with Crippen LogP contribution in [0.25, 0.3) is 0 Å². The maximum absolute atomic E-state index is 10.5. The van der Waals surface area contributed by atoms with Gasteiger partial charge in [0.15, 0.2) is 0 Å². The molecule has 2 aromatic rings. The predicted molar refractivity (Wildman–Crippen MR) is 88.3 cm³/mol. The van der Waals surface area contributed by atoms with Gasteiger partial charge in [0.1, 0.15) is 0 Å². The van der Waals surface area contributed by atoms with Gasteiger partial charge in [-0.1, -0.05) is 54.6 Å². The third-order valence-corrected chi connectivity index (χ3v) is 4.01. The van der Waals surface area contributed by atoms with E-state index in [0.717, 1.165) is 11.1 Å². The van der Waals surface area contributed by atoms with Gasteiger partial charge in [0, 0.05) is 5.92 Å². The molecule has 0 aliphatic carbocycles. The highest BCUT2D eigenvalue weighted by molar-refractivity contribution is 5.28. The third-order valence-electron chi connectivity index (χ3n) is 4.01. The van der Waals surface area contributed by atoms with Gasteiger partial charge in [-0.15, -0.1) is 6.58 Å². The molecule has 0 heterocycles. The molecular weight excluding hydrogens is 292 g/mol. The first-order chi connectivity index (χ1) is 11.1. The smallest absolute Gasteiger partial charge is 0.0880 e. The molecule has 2 rings (SSSR count). The summed E-state index contributed by atoms with van der Waals surface area (Å²) >= 11 is 0. The van der Waals surface area contributed by atoms with Crippen LogP contribution >= 0.6 is 0 Å². The second kappa shape index (κ2) is 8.04. The largest absolute Gasteiger partial charge is 0.392 e. The van der Waals surface area contributed by atoms with E-state index in [1.165, 1.54) is 6.08 Å². The van der Waals surface area contributed by atoms with Crippen molar-refractivity contribution in [3.8, 4) is 0 Å². The molecule has 0 aromatic heterocycles. The topological polar surface area (TPSA) is 80.9 Å². The van der Waals surface area contributed by atoms with E-state index in [4.69, 9.17) is 10.2 Å². The summed E-state index contributed by atoms with van der Waals surface area (Å²) in [5, 5.41) is 39.2. The molecule has 2 unspecified atom stereocenters. The quantitative estimate of drug-likeness (QED) is 0.591. The Balaban J connectivity index is 2.20. The number of rotatable bonds is 7. The SMILES string of the molecule is C=CC(C(O)c1ccc(CO)cc1)C(O)c1ccc(CO)cc1. The van der Waals surface area contributed by atoms with Crippen molar-refractivity contribution in [3.05, 3.63) is 83.4 Å². The average Bonchev–Trinajstić information content (AvgIpc) is 2.62. The summed E-state index contributed by atoms with van der Waals surface area (Å²) in [7, 11) is 0. The number of hydrogen-bond donors (Lipinski definition) is 4. The first-order valence-electron chi connectivity index (χ1n) is 7.48. The Kier molecular flexibility index (Phi) is 6.07. The fourth-order valence-corrected chi connectivity index (χ4v) is 2.52. The first-order valence-corrected chi connectivity index (χ1v) is 7.48. The van der Waals surface area contributed by atoms with E-state index in [2.05, 4.69) is 6.58 Å². The lowest BCUT2D eigenvalue weighted by atomic mass is 9.87. The van der Waals surface area contributed by atoms with Gasteiger partial charge >= 0.3 is 0 Å². The molecule has 0 saturated heterocycles. The fourth-order valence-electron chi connectivity index (χ4n) is 2.52. The van der Waals surface area contributed by atoms with Gasteiger partial charge in [0.25, 0.3) is 0 Å². The molecule has 0 fully saturated rings. The summed E-state index contributed by atoms with van der Waals surface area (Å²) < 4.78 is 0. The van der Waals surface area contributed by atoms with Crippen molar-refractivity contribution >= 4 is 0 Å². The summed E-state index contributed by atoms with van der Waals surface area (Å²) in [5.74, 6) is -0.574. The zero-order valence-corrected chi connectivity index (χ0v) is 12.8. The van der Waals surface area contributed by atoms with E-state index >= 15 is 0 Å². The van der Waals surface area contributed by atoms with Gasteiger partial charge in [0.2, 0.25) is 0 Å². The van der Waals surface area contributed by atoms with Crippen LogP contribution in [0, 0.1) is 5.92 Å². The van der Waals surface area contributed by atoms with E-state index in [1.54, 1.807) is 48.5 Å². The normalized spacial score (nSPS) is 15.0. The molecule has 0 aliphatic heterocycles. The van der Waals surface area contributed by atoms with E-state index in [1.807, 2.05) is 0 Å². The van der Waals surface area contributed by atoms with Crippen molar-refractivity contribution in [2.75, 3.05) is 0 Å². The zero-order chi connectivity index (χ0) is 16.8. The van der Waals surface area contributed by atoms with Crippen LogP contribution in [0.15, 0.2) is 61.2 Å². The second-order valence-electron chi connectivity index (χ2n) is 5.50. The summed E-state index contributed by atoms with van der Waals surface area (Å²) in [6.45, 7) is 3.61. The Bertz CT molecular complexity index is 565. The minimum atomic E-state index is -0.909. The Labute approximate surface area is 136 Å². The van der Waals surface area contributed by atoms with Crippen molar-refractivity contribution in [1.29, 1.82) is 0 Å². The Morgan fingerprint density at radius 2 is 1.09 bits per heavy atom. The summed E-state index contributed by atoms with van der Waals surface area (Å²) in [6, 6.07) is 13.9. The Hall–Kier alpha value is -1.98. The Morgan fingerprint density at radius 1 is 0.739 bits per heavy atom. The molecule has 0 aliphatic rings. The van der Waals surface area contributed by atoms with Crippen LogP contribution in [-0.4, -0.2) is 20.4 Å². The number of aliphatic hydroxyl groups excluding tert-OH is 4. The van der Waals surface area contributed by atoms with Gasteiger partial charge in [-0.3, -0.25) is 0 Å². The predicted octanol–water partition coefficient (Wildman–Crippen LogP) is 2.24. The zero-order valence-electron chi connectivity index (χ0n) is 12.8. The lowest BCUT2D eigenvalue weighted by Crippen LogP contribution is -2.19. The van der Waals surface area contributed by atoms with E-state index in [0.29, 0.717) is 11.1 Å². The molecule has 0 bridgehead atoms. The molecule has 122 valence electrons. The molecule has 0 amide bonds. The van der Waals surface area contributed by atoms with Crippen molar-refractivity contribution in [3.63, 3.8) is 0 Å². The molecule has 2 atom stereocenters. The van der Waals surface area contributed by atoms with Crippen LogP contribution in [0.2, 0.25) is 0 Å². The summed E-state index contributed by atoms with van der Waals surface area (Å²) in [6.07, 6.45) is -0.282. The molecule has 2 aromatic carbocycles. The van der Waals surface area contributed by atoms with Gasteiger partial charge < -0.3 is 20.4 Å². The molecule has 4 nitrogen and oxygen atoms in total. The van der Waals surface area contributed by atoms with Crippen LogP contribution in [-0.2, 0) is 13.2 Å². The summed E-state index contributed by atoms with van der Waals surface area (Å²) in [5.41, 5.74) is 2.82. The van der Waals surface area contributed by atoms with Gasteiger partial charge in [0.05, 0.1) is 25.4 Å².